The molecule has 7 fully saturated rings. The van der Waals surface area contributed by atoms with Gasteiger partial charge in [0.25, 0.3) is 0 Å². The van der Waals surface area contributed by atoms with E-state index in [2.05, 4.69) is 20.1 Å². The number of rotatable bonds is 4. The van der Waals surface area contributed by atoms with Gasteiger partial charge in [-0.05, 0) is 62.0 Å². The normalized spacial score (nSPS) is 47.7. The molecule has 0 aromatic carbocycles. The number of aliphatic hydroxyl groups excluding tert-OH is 3. The van der Waals surface area contributed by atoms with E-state index in [0.717, 1.165) is 30.4 Å². The maximum atomic E-state index is 13.9. The fourth-order valence-corrected chi connectivity index (χ4v) is 10.2. The van der Waals surface area contributed by atoms with Crippen molar-refractivity contribution in [2.75, 3.05) is 13.7 Å². The Morgan fingerprint density at radius 3 is 2.25 bits per heavy atom. The molecule has 7 aliphatic heterocycles. The molecule has 53 heavy (non-hydrogen) atoms. The molecule has 0 aliphatic carbocycles. The minimum absolute atomic E-state index is 0.0126. The van der Waals surface area contributed by atoms with Crippen LogP contribution in [0.4, 0.5) is 0 Å². The molecule has 8 bridgehead atoms. The average molecular weight is 748 g/mol. The van der Waals surface area contributed by atoms with Crippen molar-refractivity contribution in [3.8, 4) is 0 Å². The third kappa shape index (κ3) is 8.56. The van der Waals surface area contributed by atoms with E-state index in [1.165, 1.54) is 0 Å². The van der Waals surface area contributed by atoms with Crippen LogP contribution in [0.15, 0.2) is 24.3 Å². The van der Waals surface area contributed by atoms with Crippen LogP contribution in [0.2, 0.25) is 0 Å². The summed E-state index contributed by atoms with van der Waals surface area (Å²) in [5.41, 5.74) is 7.80. The van der Waals surface area contributed by atoms with E-state index in [1.54, 1.807) is 7.11 Å². The molecule has 13 nitrogen and oxygen atoms in total. The molecule has 0 amide bonds. The number of carbonyl (C=O) groups excluding carboxylic acids is 2. The number of ether oxygens (including phenoxy) is 7. The Bertz CT molecular complexity index is 1340. The lowest BCUT2D eigenvalue weighted by Gasteiger charge is -2.46. The molecule has 5 N–H and O–H groups in total. The average Bonchev–Trinajstić information content (AvgIpc) is 3.76. The van der Waals surface area contributed by atoms with E-state index in [0.29, 0.717) is 32.1 Å². The first-order chi connectivity index (χ1) is 25.4. The van der Waals surface area contributed by atoms with Gasteiger partial charge in [-0.3, -0.25) is 9.59 Å². The van der Waals surface area contributed by atoms with Gasteiger partial charge in [0.05, 0.1) is 67.1 Å². The number of ketones is 2. The zero-order valence-electron chi connectivity index (χ0n) is 31.3. The first-order valence-corrected chi connectivity index (χ1v) is 20.0. The summed E-state index contributed by atoms with van der Waals surface area (Å²) < 4.78 is 44.5. The van der Waals surface area contributed by atoms with Crippen molar-refractivity contribution in [3.05, 3.63) is 24.3 Å². The van der Waals surface area contributed by atoms with Gasteiger partial charge in [0.1, 0.15) is 42.1 Å². The molecule has 13 heteroatoms. The van der Waals surface area contributed by atoms with Crippen LogP contribution in [0, 0.1) is 11.8 Å². The highest BCUT2D eigenvalue weighted by molar-refractivity contribution is 5.79. The Labute approximate surface area is 312 Å². The Balaban J connectivity index is 1.11. The number of fused-ring (bicyclic) bond motifs is 7. The molecule has 0 saturated carbocycles. The van der Waals surface area contributed by atoms with Crippen LogP contribution in [-0.2, 0) is 42.7 Å². The fraction of sp³-hybridized carbons (Fsp3) is 0.850. The Morgan fingerprint density at radius 1 is 0.755 bits per heavy atom. The molecule has 7 heterocycles. The Morgan fingerprint density at radius 2 is 1.47 bits per heavy atom. The van der Waals surface area contributed by atoms with Crippen molar-refractivity contribution in [2.45, 2.75) is 188 Å². The van der Waals surface area contributed by atoms with Crippen molar-refractivity contribution in [3.63, 3.8) is 0 Å². The van der Waals surface area contributed by atoms with Crippen molar-refractivity contribution in [2.24, 2.45) is 17.6 Å². The monoisotopic (exact) mass is 747 g/mol. The van der Waals surface area contributed by atoms with Crippen LogP contribution in [0.25, 0.3) is 0 Å². The van der Waals surface area contributed by atoms with Gasteiger partial charge in [0.2, 0.25) is 0 Å². The van der Waals surface area contributed by atoms with Crippen molar-refractivity contribution >= 4 is 11.6 Å². The van der Waals surface area contributed by atoms with Gasteiger partial charge in [0, 0.05) is 58.1 Å². The number of nitrogens with two attached hydrogens (primary N) is 1. The van der Waals surface area contributed by atoms with Crippen LogP contribution in [0.1, 0.15) is 90.4 Å². The van der Waals surface area contributed by atoms with Crippen LogP contribution >= 0.6 is 0 Å². The van der Waals surface area contributed by atoms with Gasteiger partial charge >= 0.3 is 0 Å². The second-order valence-electron chi connectivity index (χ2n) is 16.9. The molecule has 0 radical (unpaired) electrons. The second kappa shape index (κ2) is 16.9. The lowest BCUT2D eigenvalue weighted by Crippen LogP contribution is -2.61. The zero-order valence-corrected chi connectivity index (χ0v) is 31.3. The predicted molar refractivity (Wildman–Crippen MR) is 191 cm³/mol. The number of hydrogen-bond donors (Lipinski definition) is 4. The summed E-state index contributed by atoms with van der Waals surface area (Å²) in [6, 6.07) is 0. The minimum atomic E-state index is -1.09. The second-order valence-corrected chi connectivity index (χ2v) is 16.9. The van der Waals surface area contributed by atoms with E-state index in [4.69, 9.17) is 38.9 Å². The van der Waals surface area contributed by atoms with Crippen LogP contribution in [-0.4, -0.2) is 138 Å². The maximum absolute atomic E-state index is 13.9. The van der Waals surface area contributed by atoms with Gasteiger partial charge in [-0.15, -0.1) is 0 Å². The number of aliphatic hydroxyl groups is 3. The first-order valence-electron chi connectivity index (χ1n) is 20.0. The third-order valence-corrected chi connectivity index (χ3v) is 13.1. The van der Waals surface area contributed by atoms with Crippen molar-refractivity contribution in [1.82, 2.24) is 0 Å². The van der Waals surface area contributed by atoms with E-state index in [9.17, 15) is 24.9 Å². The lowest BCUT2D eigenvalue weighted by atomic mass is 9.81. The third-order valence-electron chi connectivity index (χ3n) is 13.1. The van der Waals surface area contributed by atoms with Crippen LogP contribution < -0.4 is 5.73 Å². The van der Waals surface area contributed by atoms with Gasteiger partial charge in [-0.1, -0.05) is 20.1 Å². The molecule has 7 rings (SSSR count). The number of methoxy groups -OCH3 is 1. The van der Waals surface area contributed by atoms with Crippen LogP contribution in [0.5, 0.6) is 0 Å². The fourth-order valence-electron chi connectivity index (χ4n) is 10.2. The highest BCUT2D eigenvalue weighted by atomic mass is 16.6. The van der Waals surface area contributed by atoms with E-state index < -0.39 is 67.1 Å². The highest BCUT2D eigenvalue weighted by Crippen LogP contribution is 2.43. The maximum Gasteiger partial charge on any atom is 0.135 e. The lowest BCUT2D eigenvalue weighted by molar-refractivity contribution is -0.259. The van der Waals surface area contributed by atoms with Crippen molar-refractivity contribution in [1.29, 1.82) is 0 Å². The Hall–Kier alpha value is -1.62. The van der Waals surface area contributed by atoms with Crippen LogP contribution in [0.3, 0.4) is 0 Å². The first kappa shape index (κ1) is 39.6. The largest absolute Gasteiger partial charge is 0.392 e. The van der Waals surface area contributed by atoms with Gasteiger partial charge in [-0.25, -0.2) is 0 Å². The molecule has 18 atom stereocenters. The van der Waals surface area contributed by atoms with Gasteiger partial charge in [-0.2, -0.15) is 0 Å². The van der Waals surface area contributed by atoms with E-state index >= 15 is 0 Å². The molecule has 0 spiro atoms. The quantitative estimate of drug-likeness (QED) is 0.308. The molecule has 7 saturated heterocycles. The predicted octanol–water partition coefficient (Wildman–Crippen LogP) is 2.24. The Kier molecular flexibility index (Phi) is 12.6. The molecule has 0 unspecified atom stereocenters. The van der Waals surface area contributed by atoms with Crippen molar-refractivity contribution < 1.29 is 58.1 Å². The van der Waals surface area contributed by atoms with Gasteiger partial charge < -0.3 is 54.2 Å². The molecule has 298 valence electrons. The van der Waals surface area contributed by atoms with Gasteiger partial charge in [0.15, 0.2) is 0 Å². The zero-order chi connectivity index (χ0) is 37.6. The summed E-state index contributed by atoms with van der Waals surface area (Å²) in [4.78, 5) is 27.0. The molecular weight excluding hydrogens is 686 g/mol. The number of carbonyl (C=O) groups is 2. The SMILES string of the molecule is C=C1C[C@@H]2CCC(=O)C[C@H]3O[C@H]4[C@@H](O)[C@H]5O[C@H](CC[C@@H]5O[C@H]4[C@H]3O)CC(=O)C[C@@H]3[C@@H](OC)[C@@H](C[C@H](O)CN)O[C@H]3C[C@H]3O[C@@H](CC[C@@H]1O2)C[C@@H](C)C3=C. The van der Waals surface area contributed by atoms with E-state index in [-0.39, 0.29) is 92.6 Å². The molecule has 0 aromatic rings. The summed E-state index contributed by atoms with van der Waals surface area (Å²) >= 11 is 0. The summed E-state index contributed by atoms with van der Waals surface area (Å²) in [6.07, 6.45) is -2.71. The minimum Gasteiger partial charge on any atom is -0.392 e. The molecule has 7 aliphatic rings. The topological polar surface area (TPSA) is 185 Å². The molecular formula is C40H61NO12. The number of Topliss-reactive ketones (excluding diaryl/α,β-unsaturated/α-hetero) is 2. The highest BCUT2D eigenvalue weighted by Gasteiger charge is 2.57. The molecule has 0 aromatic heterocycles. The summed E-state index contributed by atoms with van der Waals surface area (Å²) in [6.45, 7) is 11.0. The smallest absolute Gasteiger partial charge is 0.135 e. The van der Waals surface area contributed by atoms with E-state index in [1.807, 2.05) is 0 Å². The summed E-state index contributed by atoms with van der Waals surface area (Å²) in [5, 5.41) is 33.1. The summed E-state index contributed by atoms with van der Waals surface area (Å²) in [5.74, 6) is -0.133. The summed E-state index contributed by atoms with van der Waals surface area (Å²) in [7, 11) is 1.61. The standard InChI is InChI=1S/C40H61NO12/c1-19-11-26-7-9-29-20(2)12-25(48-29)6-5-22(42)15-33-35(45)39-40(53-33)36(46)38-30(52-39)10-8-27(50-38)13-23(43)14-28-32(17-31(49-26)21(19)3)51-34(37(28)47-4)16-24(44)18-41/h19,24-40,44-46H,2-3,5-18,41H2,1,4H3/t19-,24+,25+,26+,27-,28+,29+,30+,31-,32+,33-,34-,35+,36+,37-,38+,39+,40+/m1/s1. The number of hydrogen-bond acceptors (Lipinski definition) is 13.